The van der Waals surface area contributed by atoms with E-state index in [4.69, 9.17) is 4.74 Å². The number of urea groups is 1. The fraction of sp³-hybridized carbons (Fsp3) is 0.444. The molecule has 6 nitrogen and oxygen atoms in total. The molecule has 2 N–H and O–H groups in total. The minimum absolute atomic E-state index is 0.0911. The summed E-state index contributed by atoms with van der Waals surface area (Å²) >= 11 is 0. The van der Waals surface area contributed by atoms with Crippen LogP contribution in [0.5, 0.6) is 0 Å². The Morgan fingerprint density at radius 3 is 2.63 bits per heavy atom. The van der Waals surface area contributed by atoms with E-state index in [9.17, 15) is 18.0 Å². The standard InChI is InChI=1S/C18H21F3N4O2/c1-11-7-12(2)9-13(8-11)23-17(26)22-4-5-25-15-3-6-27-10-14(15)16(24-25)18(19,20)21/h7-9H,3-6,10H2,1-2H3,(H2,22,23,26). The average molecular weight is 382 g/mol. The smallest absolute Gasteiger partial charge is 0.376 e. The van der Waals surface area contributed by atoms with Crippen LogP contribution in [0, 0.1) is 13.8 Å². The summed E-state index contributed by atoms with van der Waals surface area (Å²) in [6, 6.07) is 5.25. The van der Waals surface area contributed by atoms with Crippen molar-refractivity contribution in [3.05, 3.63) is 46.3 Å². The van der Waals surface area contributed by atoms with Crippen molar-refractivity contribution in [2.24, 2.45) is 0 Å². The molecule has 3 rings (SSSR count). The van der Waals surface area contributed by atoms with Crippen molar-refractivity contribution in [3.63, 3.8) is 0 Å². The number of rotatable bonds is 4. The van der Waals surface area contributed by atoms with Gasteiger partial charge in [0, 0.05) is 29.9 Å². The van der Waals surface area contributed by atoms with Crippen LogP contribution in [0.3, 0.4) is 0 Å². The van der Waals surface area contributed by atoms with Crippen LogP contribution in [0.15, 0.2) is 18.2 Å². The number of carbonyl (C=O) groups is 1. The third-order valence-corrected chi connectivity index (χ3v) is 4.25. The van der Waals surface area contributed by atoms with Crippen molar-refractivity contribution in [3.8, 4) is 0 Å². The van der Waals surface area contributed by atoms with E-state index in [1.165, 1.54) is 4.68 Å². The summed E-state index contributed by atoms with van der Waals surface area (Å²) in [6.07, 6.45) is -4.16. The van der Waals surface area contributed by atoms with Crippen molar-refractivity contribution in [2.45, 2.75) is 39.6 Å². The number of ether oxygens (including phenoxy) is 1. The van der Waals surface area contributed by atoms with Gasteiger partial charge >= 0.3 is 12.2 Å². The number of hydrogen-bond acceptors (Lipinski definition) is 3. The lowest BCUT2D eigenvalue weighted by molar-refractivity contribution is -0.142. The number of anilines is 1. The molecule has 0 unspecified atom stereocenters. The molecule has 0 atom stereocenters. The first-order chi connectivity index (χ1) is 12.7. The second-order valence-corrected chi connectivity index (χ2v) is 6.55. The van der Waals surface area contributed by atoms with Gasteiger partial charge < -0.3 is 15.4 Å². The monoisotopic (exact) mass is 382 g/mol. The molecule has 2 heterocycles. The largest absolute Gasteiger partial charge is 0.435 e. The maximum absolute atomic E-state index is 13.1. The van der Waals surface area contributed by atoms with E-state index in [0.717, 1.165) is 11.1 Å². The molecule has 146 valence electrons. The fourth-order valence-corrected chi connectivity index (χ4v) is 3.22. The van der Waals surface area contributed by atoms with E-state index in [1.807, 2.05) is 32.0 Å². The molecule has 1 aliphatic rings. The SMILES string of the molecule is Cc1cc(C)cc(NC(=O)NCCn2nc(C(F)(F)F)c3c2CCOC3)c1. The quantitative estimate of drug-likeness (QED) is 0.852. The third kappa shape index (κ3) is 4.60. The minimum atomic E-state index is -4.52. The van der Waals surface area contributed by atoms with Crippen LogP contribution >= 0.6 is 0 Å². The van der Waals surface area contributed by atoms with Crippen LogP contribution in [0.25, 0.3) is 0 Å². The summed E-state index contributed by atoms with van der Waals surface area (Å²) in [4.78, 5) is 12.0. The summed E-state index contributed by atoms with van der Waals surface area (Å²) in [5.74, 6) is 0. The van der Waals surface area contributed by atoms with Gasteiger partial charge in [-0.15, -0.1) is 0 Å². The minimum Gasteiger partial charge on any atom is -0.376 e. The third-order valence-electron chi connectivity index (χ3n) is 4.25. The second kappa shape index (κ2) is 7.59. The van der Waals surface area contributed by atoms with Crippen LogP contribution < -0.4 is 10.6 Å². The van der Waals surface area contributed by atoms with E-state index in [2.05, 4.69) is 15.7 Å². The molecule has 0 fully saturated rings. The van der Waals surface area contributed by atoms with E-state index in [1.54, 1.807) is 0 Å². The van der Waals surface area contributed by atoms with Crippen molar-refractivity contribution in [1.82, 2.24) is 15.1 Å². The molecule has 0 spiro atoms. The molecule has 27 heavy (non-hydrogen) atoms. The number of nitrogens with one attached hydrogen (secondary N) is 2. The summed E-state index contributed by atoms with van der Waals surface area (Å²) in [6.45, 7) is 4.43. The molecule has 1 aromatic heterocycles. The number of hydrogen-bond donors (Lipinski definition) is 2. The van der Waals surface area contributed by atoms with Gasteiger partial charge in [0.05, 0.1) is 19.8 Å². The summed E-state index contributed by atoms with van der Waals surface area (Å²) < 4.78 is 45.9. The summed E-state index contributed by atoms with van der Waals surface area (Å²) in [7, 11) is 0. The van der Waals surface area contributed by atoms with E-state index in [-0.39, 0.29) is 25.3 Å². The Hall–Kier alpha value is -2.55. The second-order valence-electron chi connectivity index (χ2n) is 6.55. The highest BCUT2D eigenvalue weighted by Crippen LogP contribution is 2.34. The van der Waals surface area contributed by atoms with E-state index < -0.39 is 17.9 Å². The first kappa shape index (κ1) is 19.2. The van der Waals surface area contributed by atoms with Gasteiger partial charge in [-0.2, -0.15) is 18.3 Å². The van der Waals surface area contributed by atoms with E-state index in [0.29, 0.717) is 24.4 Å². The average Bonchev–Trinajstić information content (AvgIpc) is 2.93. The lowest BCUT2D eigenvalue weighted by Crippen LogP contribution is -2.32. The van der Waals surface area contributed by atoms with Crippen LogP contribution in [-0.4, -0.2) is 29.0 Å². The zero-order chi connectivity index (χ0) is 19.6. The number of amides is 2. The van der Waals surface area contributed by atoms with Crippen molar-refractivity contribution >= 4 is 11.7 Å². The molecule has 2 amide bonds. The molecular weight excluding hydrogens is 361 g/mol. The first-order valence-corrected chi connectivity index (χ1v) is 8.60. The number of alkyl halides is 3. The predicted molar refractivity (Wildman–Crippen MR) is 93.5 cm³/mol. The topological polar surface area (TPSA) is 68.2 Å². The number of nitrogens with zero attached hydrogens (tertiary/aromatic N) is 2. The first-order valence-electron chi connectivity index (χ1n) is 8.60. The molecular formula is C18H21F3N4O2. The number of benzene rings is 1. The van der Waals surface area contributed by atoms with Crippen molar-refractivity contribution < 1.29 is 22.7 Å². The number of aryl methyl sites for hydroxylation is 2. The Morgan fingerprint density at radius 2 is 1.96 bits per heavy atom. The van der Waals surface area contributed by atoms with Gasteiger partial charge in [-0.05, 0) is 37.1 Å². The molecule has 1 aliphatic heterocycles. The zero-order valence-electron chi connectivity index (χ0n) is 15.1. The highest BCUT2D eigenvalue weighted by Gasteiger charge is 2.39. The molecule has 2 aromatic rings. The van der Waals surface area contributed by atoms with Crippen LogP contribution in [-0.2, 0) is 30.5 Å². The molecule has 0 saturated carbocycles. The Bertz CT molecular complexity index is 826. The summed E-state index contributed by atoms with van der Waals surface area (Å²) in [5.41, 5.74) is 2.42. The fourth-order valence-electron chi connectivity index (χ4n) is 3.22. The Balaban J connectivity index is 1.62. The normalized spacial score (nSPS) is 14.0. The molecule has 0 saturated heterocycles. The van der Waals surface area contributed by atoms with Gasteiger partial charge in [0.25, 0.3) is 0 Å². The number of halogens is 3. The van der Waals surface area contributed by atoms with Crippen LogP contribution in [0.4, 0.5) is 23.7 Å². The Kier molecular flexibility index (Phi) is 5.41. The van der Waals surface area contributed by atoms with Gasteiger partial charge in [0.15, 0.2) is 5.69 Å². The number of fused-ring (bicyclic) bond motifs is 1. The van der Waals surface area contributed by atoms with Crippen molar-refractivity contribution in [1.29, 1.82) is 0 Å². The lowest BCUT2D eigenvalue weighted by Gasteiger charge is -2.15. The highest BCUT2D eigenvalue weighted by atomic mass is 19.4. The van der Waals surface area contributed by atoms with Gasteiger partial charge in [-0.3, -0.25) is 4.68 Å². The Morgan fingerprint density at radius 1 is 1.26 bits per heavy atom. The maximum Gasteiger partial charge on any atom is 0.435 e. The summed E-state index contributed by atoms with van der Waals surface area (Å²) in [5, 5.41) is 9.08. The lowest BCUT2D eigenvalue weighted by atomic mass is 10.1. The highest BCUT2D eigenvalue weighted by molar-refractivity contribution is 5.89. The number of carbonyl (C=O) groups excluding carboxylic acids is 1. The molecule has 0 radical (unpaired) electrons. The molecule has 0 aliphatic carbocycles. The van der Waals surface area contributed by atoms with Gasteiger partial charge in [0.1, 0.15) is 0 Å². The van der Waals surface area contributed by atoms with E-state index >= 15 is 0 Å². The van der Waals surface area contributed by atoms with Gasteiger partial charge in [-0.1, -0.05) is 6.07 Å². The zero-order valence-corrected chi connectivity index (χ0v) is 15.1. The molecule has 9 heteroatoms. The van der Waals surface area contributed by atoms with Gasteiger partial charge in [0.2, 0.25) is 0 Å². The number of aromatic nitrogens is 2. The van der Waals surface area contributed by atoms with Crippen molar-refractivity contribution in [2.75, 3.05) is 18.5 Å². The predicted octanol–water partition coefficient (Wildman–Crippen LogP) is 3.41. The molecule has 0 bridgehead atoms. The van der Waals surface area contributed by atoms with Crippen LogP contribution in [0.2, 0.25) is 0 Å². The maximum atomic E-state index is 13.1. The van der Waals surface area contributed by atoms with Crippen LogP contribution in [0.1, 0.15) is 28.1 Å². The molecule has 1 aromatic carbocycles. The van der Waals surface area contributed by atoms with Gasteiger partial charge in [-0.25, -0.2) is 4.79 Å². The Labute approximate surface area is 154 Å².